The Hall–Kier alpha value is -14.4. The Bertz CT molecular complexity index is 7310. The number of fused-ring (bicyclic) bond motifs is 6. The maximum absolute atomic E-state index is 12.0. The van der Waals surface area contributed by atoms with E-state index in [1.165, 1.54) is 14.3 Å². The van der Waals surface area contributed by atoms with E-state index < -0.39 is 35.8 Å². The zero-order valence-electron chi connectivity index (χ0n) is 73.1. The number of ether oxygens (including phenoxy) is 3. The summed E-state index contributed by atoms with van der Waals surface area (Å²) in [5.74, 6) is -4.52. The molecule has 0 saturated carbocycles. The number of aryl methyl sites for hydroxylation is 4. The molecule has 678 valence electrons. The van der Waals surface area contributed by atoms with Crippen LogP contribution in [0.5, 0.6) is 0 Å². The number of esters is 3. The molecule has 1 aliphatic carbocycles. The first-order chi connectivity index (χ1) is 63.3. The molecule has 0 saturated heterocycles. The van der Waals surface area contributed by atoms with E-state index in [9.17, 15) is 33.9 Å². The minimum absolute atomic E-state index is 0. The normalized spacial score (nSPS) is 11.0. The Kier molecular flexibility index (Phi) is 34.1. The average molecular weight is 1920 g/mol. The van der Waals surface area contributed by atoms with Gasteiger partial charge in [0.15, 0.2) is 39.9 Å². The number of halogens is 6. The number of hydrogen-bond donors (Lipinski definition) is 3. The minimum atomic E-state index is -1.08. The van der Waals surface area contributed by atoms with Gasteiger partial charge in [0.1, 0.15) is 23.8 Å². The van der Waals surface area contributed by atoms with Crippen molar-refractivity contribution in [3.05, 3.63) is 314 Å². The van der Waals surface area contributed by atoms with Crippen molar-refractivity contribution in [1.82, 2.24) is 120 Å². The summed E-state index contributed by atoms with van der Waals surface area (Å²) in [5, 5.41) is 82.9. The number of carbonyl (C=O) groups excluding carboxylic acids is 3. The number of carbonyl (C=O) groups is 6. The van der Waals surface area contributed by atoms with Gasteiger partial charge >= 0.3 is 54.7 Å². The first-order valence-corrected chi connectivity index (χ1v) is 42.4. The number of aromatic nitrogens is 24. The summed E-state index contributed by atoms with van der Waals surface area (Å²) in [6, 6.07) is 39.9. The Morgan fingerprint density at radius 3 is 1.07 bits per heavy atom. The van der Waals surface area contributed by atoms with Gasteiger partial charge in [-0.1, -0.05) is 121 Å². The number of rotatable bonds is 21. The molecule has 0 aliphatic heterocycles. The standard InChI is InChI=1S/C16H14ClN4O2.2C16H15ClN4O2.3C14H11ClN4O2.Li.H2O/c1-3-23-16(22)15-10(2)21(20-19-15)9-11-4-5-14-12(6-11)7-13(17)8-18-14;1-3-23-16(22)15-10(2)19-20-21(15)9-11-4-5-14-12(6-11)7-13(17)8-18-14;1-3-23-16(22)15-10(2)19-21(20-15)9-11-4-5-14-12(6-11)7-13(17)8-18-14;1-8-13(14(20)21)17-18-19(8)7-9-2-3-12-10(4-9)5-11(15)6-16-12;1-8-13(14(20)21)19(18-17-8)7-9-2-3-12-10(4-9)5-11(15)6-16-12;1-8-13(14(20)21)18-19(17-8)7-9-2-3-12-10(4-9)5-11(15)6-16-12;;/h5-8H,3,9H2,1-2H3;2*4-8H,3,9H2,1-2H3;3*2-6H,7H2,1H3,(H,20,21);;1H2/q+1;;;;;;+1;/p-1. The number of pyridine rings is 6. The molecule has 17 aromatic rings. The predicted molar refractivity (Wildman–Crippen MR) is 493 cm³/mol. The number of carboxylic acid groups (broad SMARTS) is 3. The van der Waals surface area contributed by atoms with E-state index in [-0.39, 0.29) is 52.8 Å². The van der Waals surface area contributed by atoms with Gasteiger partial charge in [-0.2, -0.15) is 24.8 Å². The molecular formula is C90H78Cl6LiN24O13+. The molecule has 1 aliphatic rings. The van der Waals surface area contributed by atoms with Crippen molar-refractivity contribution in [2.45, 2.75) is 102 Å². The number of carboxylic acids is 3. The third-order valence-corrected chi connectivity index (χ3v) is 20.8. The Balaban J connectivity index is 0.000000154. The number of nitrogens with zero attached hydrogens (tertiary/aromatic N) is 24. The summed E-state index contributed by atoms with van der Waals surface area (Å²) in [7, 11) is 0. The van der Waals surface area contributed by atoms with Crippen LogP contribution in [-0.4, -0.2) is 196 Å². The fraction of sp³-hybridized carbons (Fsp3) is 0.200. The first kappa shape index (κ1) is 100. The summed E-state index contributed by atoms with van der Waals surface area (Å²) in [6.45, 7) is 18.8. The SMILES string of the molecule is CCOC(=O)c1c(C)nnn1Cc1ccc2ncc(Cl)cc2c1.CCOC(=O)c1nn(Cc2ccc3ncc(Cl)cc3c2)nc1C.CCOC(=O)c1nnn(CC2=Cc3cc(Cl)cnc3C=[C+]2)c1C.Cc1c(C(=O)O)nnn1Cc1ccc2ncc(Cl)cc2c1.Cc1nn(Cc2ccc3ncc(Cl)cc3c2)nc1C(=O)O.Cc1nnn(Cc2ccc3ncc(Cl)cc3c2)c1C(=O)O.[Li+].[OH-]. The van der Waals surface area contributed by atoms with Gasteiger partial charge < -0.3 is 35.0 Å². The maximum atomic E-state index is 12.0. The van der Waals surface area contributed by atoms with Gasteiger partial charge in [0.25, 0.3) is 0 Å². The summed E-state index contributed by atoms with van der Waals surface area (Å²) >= 11 is 35.7. The second kappa shape index (κ2) is 45.7. The molecule has 0 unspecified atom stereocenters. The van der Waals surface area contributed by atoms with E-state index in [1.807, 2.05) is 133 Å². The largest absolute Gasteiger partial charge is 1.00 e. The molecule has 12 aromatic heterocycles. The summed E-state index contributed by atoms with van der Waals surface area (Å²) < 4.78 is 21.1. The number of hydrogen-bond acceptors (Lipinski definition) is 28. The zero-order chi connectivity index (χ0) is 94.1. The van der Waals surface area contributed by atoms with E-state index in [2.05, 4.69) is 97.6 Å². The van der Waals surface area contributed by atoms with Crippen molar-refractivity contribution in [3.63, 3.8) is 0 Å². The zero-order valence-corrected chi connectivity index (χ0v) is 77.6. The van der Waals surface area contributed by atoms with Crippen LogP contribution in [0.2, 0.25) is 30.1 Å². The van der Waals surface area contributed by atoms with Crippen LogP contribution in [0, 0.1) is 47.6 Å². The second-order valence-electron chi connectivity index (χ2n) is 29.1. The molecule has 134 heavy (non-hydrogen) atoms. The van der Waals surface area contributed by atoms with Crippen LogP contribution in [0.25, 0.3) is 66.7 Å². The molecule has 0 amide bonds. The Morgan fingerprint density at radius 1 is 0.351 bits per heavy atom. The van der Waals surface area contributed by atoms with Gasteiger partial charge in [0.2, 0.25) is 0 Å². The van der Waals surface area contributed by atoms with Gasteiger partial charge in [-0.05, 0) is 187 Å². The number of allylic oxidation sites excluding steroid dienone is 2. The van der Waals surface area contributed by atoms with E-state index in [4.69, 9.17) is 94.0 Å². The van der Waals surface area contributed by atoms with Crippen molar-refractivity contribution in [1.29, 1.82) is 0 Å². The topological polar surface area (TPSA) is 482 Å². The molecule has 5 aromatic carbocycles. The molecule has 4 N–H and O–H groups in total. The average Bonchev–Trinajstić information content (AvgIpc) is 1.77. The van der Waals surface area contributed by atoms with E-state index in [1.54, 1.807) is 120 Å². The Labute approximate surface area is 804 Å². The molecule has 44 heteroatoms. The summed E-state index contributed by atoms with van der Waals surface area (Å²) in [6.07, 6.45) is 16.5. The fourth-order valence-electron chi connectivity index (χ4n) is 13.4. The van der Waals surface area contributed by atoms with Gasteiger partial charge in [-0.25, -0.2) is 47.5 Å². The Morgan fingerprint density at radius 2 is 0.679 bits per heavy atom. The van der Waals surface area contributed by atoms with Crippen molar-refractivity contribution < 1.29 is 82.6 Å². The number of benzene rings is 5. The molecule has 18 rings (SSSR count). The molecule has 0 radical (unpaired) electrons. The quantitative estimate of drug-likeness (QED) is 0.0260. The van der Waals surface area contributed by atoms with Crippen LogP contribution in [0.15, 0.2) is 170 Å². The molecule has 0 fully saturated rings. The van der Waals surface area contributed by atoms with E-state index in [0.717, 1.165) is 99.2 Å². The summed E-state index contributed by atoms with van der Waals surface area (Å²) in [5.41, 5.74) is 15.6. The van der Waals surface area contributed by atoms with Crippen LogP contribution in [0.1, 0.15) is 157 Å². The van der Waals surface area contributed by atoms with Crippen LogP contribution in [0.4, 0.5) is 0 Å². The third-order valence-electron chi connectivity index (χ3n) is 19.6. The predicted octanol–water partition coefficient (Wildman–Crippen LogP) is 13.2. The van der Waals surface area contributed by atoms with E-state index >= 15 is 0 Å². The monoisotopic (exact) mass is 1920 g/mol. The van der Waals surface area contributed by atoms with Crippen molar-refractivity contribution in [2.75, 3.05) is 19.8 Å². The van der Waals surface area contributed by atoms with Crippen LogP contribution >= 0.6 is 69.6 Å². The molecule has 37 nitrogen and oxygen atoms in total. The van der Waals surface area contributed by atoms with E-state index in [0.29, 0.717) is 129 Å². The second-order valence-corrected chi connectivity index (χ2v) is 31.7. The third kappa shape index (κ3) is 25.5. The van der Waals surface area contributed by atoms with Gasteiger partial charge in [-0.3, -0.25) is 24.9 Å². The first-order valence-electron chi connectivity index (χ1n) is 40.2. The minimum Gasteiger partial charge on any atom is -0.870 e. The molecule has 12 heterocycles. The van der Waals surface area contributed by atoms with Gasteiger partial charge in [0, 0.05) is 64.0 Å². The van der Waals surface area contributed by atoms with Crippen LogP contribution in [0.3, 0.4) is 0 Å². The van der Waals surface area contributed by atoms with Crippen molar-refractivity contribution in [3.8, 4) is 0 Å². The molecule has 0 atom stereocenters. The smallest absolute Gasteiger partial charge is 0.870 e. The van der Waals surface area contributed by atoms with Crippen LogP contribution < -0.4 is 18.9 Å². The van der Waals surface area contributed by atoms with Crippen molar-refractivity contribution in [2.24, 2.45) is 0 Å². The molecule has 0 spiro atoms. The van der Waals surface area contributed by atoms with Crippen LogP contribution in [-0.2, 0) is 53.5 Å². The summed E-state index contributed by atoms with van der Waals surface area (Å²) in [4.78, 5) is 97.0. The van der Waals surface area contributed by atoms with Gasteiger partial charge in [0.05, 0.1) is 157 Å². The molecule has 0 bridgehead atoms. The molecular weight excluding hydrogens is 1840 g/mol. The maximum Gasteiger partial charge on any atom is 1.00 e. The number of aromatic carboxylic acids is 3. The van der Waals surface area contributed by atoms with Gasteiger partial charge in [-0.15, -0.1) is 30.6 Å². The fourth-order valence-corrected chi connectivity index (χ4v) is 14.4. The van der Waals surface area contributed by atoms with Crippen molar-refractivity contribution >= 4 is 172 Å².